The summed E-state index contributed by atoms with van der Waals surface area (Å²) in [6.45, 7) is 2.90. The molecule has 1 aromatic heterocycles. The van der Waals surface area contributed by atoms with Crippen LogP contribution in [0.5, 0.6) is 0 Å². The highest BCUT2D eigenvalue weighted by molar-refractivity contribution is 6.15. The fourth-order valence-corrected chi connectivity index (χ4v) is 4.04. The van der Waals surface area contributed by atoms with Crippen LogP contribution in [0.4, 0.5) is 0 Å². The highest BCUT2D eigenvalue weighted by Crippen LogP contribution is 2.32. The van der Waals surface area contributed by atoms with Crippen molar-refractivity contribution in [2.24, 2.45) is 0 Å². The van der Waals surface area contributed by atoms with Crippen LogP contribution in [0.3, 0.4) is 0 Å². The molecule has 3 nitrogen and oxygen atoms in total. The number of rotatable bonds is 9. The van der Waals surface area contributed by atoms with Gasteiger partial charge < -0.3 is 4.57 Å². The van der Waals surface area contributed by atoms with Gasteiger partial charge in [-0.2, -0.15) is 0 Å². The van der Waals surface area contributed by atoms with Crippen LogP contribution < -0.4 is 0 Å². The lowest BCUT2D eigenvalue weighted by atomic mass is 9.96. The summed E-state index contributed by atoms with van der Waals surface area (Å²) in [4.78, 5) is 26.3. The van der Waals surface area contributed by atoms with Gasteiger partial charge in [0.15, 0.2) is 11.6 Å². The Bertz CT molecular complexity index is 1250. The third-order valence-corrected chi connectivity index (χ3v) is 5.55. The molecule has 4 rings (SSSR count). The summed E-state index contributed by atoms with van der Waals surface area (Å²) in [5.41, 5.74) is 4.87. The summed E-state index contributed by atoms with van der Waals surface area (Å²) >= 11 is 0. The first-order valence-corrected chi connectivity index (χ1v) is 11.3. The lowest BCUT2D eigenvalue weighted by Gasteiger charge is -2.11. The maximum Gasteiger partial charge on any atom is 0.195 e. The van der Waals surface area contributed by atoms with Gasteiger partial charge in [0.1, 0.15) is 0 Å². The maximum absolute atomic E-state index is 13.7. The van der Waals surface area contributed by atoms with Gasteiger partial charge in [0.05, 0.1) is 11.3 Å². The molecular weight excluding hydrogens is 406 g/mol. The van der Waals surface area contributed by atoms with Crippen molar-refractivity contribution in [3.8, 4) is 11.3 Å². The zero-order valence-electron chi connectivity index (χ0n) is 18.8. The first-order chi connectivity index (χ1) is 16.2. The fraction of sp³-hybridized carbons (Fsp3) is 0.133. The number of carbonyl (C=O) groups excluding carboxylic acids is 2. The number of hydrogen-bond acceptors (Lipinski definition) is 2. The van der Waals surface area contributed by atoms with Crippen molar-refractivity contribution in [1.82, 2.24) is 4.57 Å². The van der Waals surface area contributed by atoms with E-state index in [2.05, 4.69) is 11.5 Å². The molecule has 0 amide bonds. The van der Waals surface area contributed by atoms with Gasteiger partial charge in [0.25, 0.3) is 0 Å². The normalized spacial score (nSPS) is 11.1. The Hall–Kier alpha value is -3.98. The second kappa shape index (κ2) is 10.6. The van der Waals surface area contributed by atoms with Crippen molar-refractivity contribution < 1.29 is 9.59 Å². The fourth-order valence-electron chi connectivity index (χ4n) is 4.04. The van der Waals surface area contributed by atoms with E-state index in [-0.39, 0.29) is 11.6 Å². The number of carbonyl (C=O) groups is 2. The Labute approximate surface area is 195 Å². The molecule has 0 aliphatic heterocycles. The first-order valence-electron chi connectivity index (χ1n) is 11.3. The molecule has 0 fully saturated rings. The summed E-state index contributed by atoms with van der Waals surface area (Å²) in [5.74, 6) is -0.0386. The van der Waals surface area contributed by atoms with Crippen LogP contribution in [0.25, 0.3) is 17.3 Å². The van der Waals surface area contributed by atoms with Crippen molar-refractivity contribution in [2.75, 3.05) is 0 Å². The van der Waals surface area contributed by atoms with Gasteiger partial charge in [0.2, 0.25) is 0 Å². The zero-order valence-corrected chi connectivity index (χ0v) is 18.8. The molecule has 0 N–H and O–H groups in total. The number of aryl methyl sites for hydroxylation is 1. The Balaban J connectivity index is 1.78. The van der Waals surface area contributed by atoms with E-state index in [9.17, 15) is 9.59 Å². The largest absolute Gasteiger partial charge is 0.346 e. The lowest BCUT2D eigenvalue weighted by Crippen LogP contribution is -2.06. The standard InChI is InChI=1S/C30H27NO2/c1-2-20-31-22-26(18-19-27(32)21-23-12-6-3-7-13-23)28(29(31)24-14-8-4-9-15-24)30(33)25-16-10-5-11-17-25/h3-19,22H,2,20-21H2,1H3/b19-18-. The molecule has 0 saturated carbocycles. The third kappa shape index (κ3) is 5.27. The zero-order chi connectivity index (χ0) is 23.0. The van der Waals surface area contributed by atoms with Crippen molar-refractivity contribution in [2.45, 2.75) is 26.3 Å². The number of nitrogens with zero attached hydrogens (tertiary/aromatic N) is 1. The molecule has 3 heteroatoms. The predicted molar refractivity (Wildman–Crippen MR) is 134 cm³/mol. The van der Waals surface area contributed by atoms with E-state index >= 15 is 0 Å². The summed E-state index contributed by atoms with van der Waals surface area (Å²) < 4.78 is 2.13. The van der Waals surface area contributed by atoms with Gasteiger partial charge in [-0.1, -0.05) is 97.9 Å². The molecule has 0 saturated heterocycles. The number of benzene rings is 3. The minimum absolute atomic E-state index is 0.00353. The van der Waals surface area contributed by atoms with Gasteiger partial charge in [-0.25, -0.2) is 0 Å². The Morgan fingerprint density at radius 1 is 0.818 bits per heavy atom. The van der Waals surface area contributed by atoms with Crippen LogP contribution in [-0.4, -0.2) is 16.1 Å². The highest BCUT2D eigenvalue weighted by Gasteiger charge is 2.23. The van der Waals surface area contributed by atoms with Crippen LogP contribution in [0.2, 0.25) is 0 Å². The molecule has 0 radical (unpaired) electrons. The van der Waals surface area contributed by atoms with E-state index in [0.717, 1.165) is 35.3 Å². The Morgan fingerprint density at radius 2 is 1.42 bits per heavy atom. The monoisotopic (exact) mass is 433 g/mol. The number of allylic oxidation sites excluding steroid dienone is 1. The van der Waals surface area contributed by atoms with Crippen LogP contribution in [0.1, 0.15) is 40.4 Å². The Morgan fingerprint density at radius 3 is 2.06 bits per heavy atom. The number of ketones is 2. The van der Waals surface area contributed by atoms with Crippen molar-refractivity contribution in [3.05, 3.63) is 126 Å². The van der Waals surface area contributed by atoms with Gasteiger partial charge in [-0.3, -0.25) is 9.59 Å². The van der Waals surface area contributed by atoms with Gasteiger partial charge >= 0.3 is 0 Å². The van der Waals surface area contributed by atoms with Gasteiger partial charge in [-0.05, 0) is 29.7 Å². The minimum atomic E-state index is -0.0422. The topological polar surface area (TPSA) is 39.1 Å². The SMILES string of the molecule is CCCn1cc(/C=C\C(=O)Cc2ccccc2)c(C(=O)c2ccccc2)c1-c1ccccc1. The van der Waals surface area contributed by atoms with E-state index in [1.165, 1.54) is 0 Å². The molecule has 0 atom stereocenters. The van der Waals surface area contributed by atoms with E-state index < -0.39 is 0 Å². The molecule has 33 heavy (non-hydrogen) atoms. The van der Waals surface area contributed by atoms with Gasteiger partial charge in [0, 0.05) is 30.3 Å². The second-order valence-corrected chi connectivity index (χ2v) is 8.02. The molecule has 3 aromatic carbocycles. The molecule has 1 heterocycles. The Kier molecular flexibility index (Phi) is 7.11. The average molecular weight is 434 g/mol. The molecule has 0 aliphatic rings. The minimum Gasteiger partial charge on any atom is -0.346 e. The number of hydrogen-bond donors (Lipinski definition) is 0. The smallest absolute Gasteiger partial charge is 0.195 e. The quantitative estimate of drug-likeness (QED) is 0.220. The average Bonchev–Trinajstić information content (AvgIpc) is 3.22. The molecule has 0 spiro atoms. The molecule has 0 unspecified atom stereocenters. The third-order valence-electron chi connectivity index (χ3n) is 5.55. The van der Waals surface area contributed by atoms with Crippen molar-refractivity contribution in [1.29, 1.82) is 0 Å². The van der Waals surface area contributed by atoms with Crippen molar-refractivity contribution >= 4 is 17.6 Å². The van der Waals surface area contributed by atoms with E-state index in [1.54, 1.807) is 12.2 Å². The lowest BCUT2D eigenvalue weighted by molar-refractivity contribution is -0.113. The van der Waals surface area contributed by atoms with Crippen LogP contribution in [0, 0.1) is 0 Å². The van der Waals surface area contributed by atoms with Crippen LogP contribution in [0.15, 0.2) is 103 Å². The molecule has 0 bridgehead atoms. The van der Waals surface area contributed by atoms with E-state index in [1.807, 2.05) is 97.2 Å². The predicted octanol–water partition coefficient (Wildman–Crippen LogP) is 6.62. The summed E-state index contributed by atoms with van der Waals surface area (Å²) in [6.07, 6.45) is 6.65. The molecule has 0 aliphatic carbocycles. The summed E-state index contributed by atoms with van der Waals surface area (Å²) in [5, 5.41) is 0. The molecular formula is C30H27NO2. The highest BCUT2D eigenvalue weighted by atomic mass is 16.1. The summed E-state index contributed by atoms with van der Waals surface area (Å²) in [7, 11) is 0. The number of aromatic nitrogens is 1. The van der Waals surface area contributed by atoms with Gasteiger partial charge in [-0.15, -0.1) is 0 Å². The second-order valence-electron chi connectivity index (χ2n) is 8.02. The molecule has 4 aromatic rings. The maximum atomic E-state index is 13.7. The van der Waals surface area contributed by atoms with E-state index in [4.69, 9.17) is 0 Å². The van der Waals surface area contributed by atoms with Crippen LogP contribution >= 0.6 is 0 Å². The summed E-state index contributed by atoms with van der Waals surface area (Å²) in [6, 6.07) is 29.0. The van der Waals surface area contributed by atoms with Crippen molar-refractivity contribution in [3.63, 3.8) is 0 Å². The molecule has 164 valence electrons. The van der Waals surface area contributed by atoms with E-state index in [0.29, 0.717) is 17.5 Å². The first kappa shape index (κ1) is 22.2. The van der Waals surface area contributed by atoms with Crippen LogP contribution in [-0.2, 0) is 17.8 Å².